The molecule has 0 atom stereocenters. The summed E-state index contributed by atoms with van der Waals surface area (Å²) >= 11 is 2.38. The van der Waals surface area contributed by atoms with Gasteiger partial charge < -0.3 is 50.8 Å². The lowest BCUT2D eigenvalue weighted by molar-refractivity contribution is -0.119. The fourth-order valence-electron chi connectivity index (χ4n) is 7.22. The Labute approximate surface area is 426 Å². The van der Waals surface area contributed by atoms with Crippen LogP contribution in [-0.4, -0.2) is 149 Å². The molecule has 0 fully saturated rings. The topological polar surface area (TPSA) is 280 Å². The van der Waals surface area contributed by atoms with Gasteiger partial charge in [0.2, 0.25) is 17.7 Å². The standard InChI is InChI=1S/C48H64N14O8S2/c1-27(2)39-37(44(68)50-16-12-18-58(5)6)54-47(71-39)56-42(66)33-21-31(23-60(33)9)52-35(63)25-62(46(70)30-15-11-14-29(20-30)41(49)65)26-36(64)53-32-22-34(61(10)24-32)43(67)57-48-55-38(40(72-48)28(3)4)45(69)51-17-13-19-59(7)8/h11,14-15,20-24,27-28H,12-13,16-19,25-26H2,1-10H3,(H2,49,65)(H,50,68)(H,51,69)(H,52,63)(H,53,64)(H,54,56,66)(H,55,57,67). The van der Waals surface area contributed by atoms with Gasteiger partial charge in [-0.2, -0.15) is 0 Å². The molecule has 0 saturated carbocycles. The molecule has 4 heterocycles. The van der Waals surface area contributed by atoms with Crippen LogP contribution < -0.4 is 37.6 Å². The van der Waals surface area contributed by atoms with Gasteiger partial charge in [0.25, 0.3) is 29.5 Å². The number of benzene rings is 1. The van der Waals surface area contributed by atoms with E-state index in [0.29, 0.717) is 22.8 Å². The number of carbonyl (C=O) groups excluding carboxylic acids is 8. The van der Waals surface area contributed by atoms with Gasteiger partial charge in [-0.15, -0.1) is 22.7 Å². The second-order valence-electron chi connectivity index (χ2n) is 18.2. The number of primary amides is 1. The van der Waals surface area contributed by atoms with Crippen LogP contribution in [0.3, 0.4) is 0 Å². The predicted molar refractivity (Wildman–Crippen MR) is 278 cm³/mol. The first-order valence-corrected chi connectivity index (χ1v) is 24.8. The van der Waals surface area contributed by atoms with Crippen LogP contribution in [0.15, 0.2) is 48.8 Å². The van der Waals surface area contributed by atoms with Crippen LogP contribution in [0, 0.1) is 0 Å². The smallest absolute Gasteiger partial charge is 0.274 e. The largest absolute Gasteiger partial charge is 0.366 e. The van der Waals surface area contributed by atoms with Crippen molar-refractivity contribution in [3.63, 3.8) is 0 Å². The summed E-state index contributed by atoms with van der Waals surface area (Å²) in [6.07, 6.45) is 4.48. The molecule has 386 valence electrons. The monoisotopic (exact) mass is 1030 g/mol. The number of aromatic nitrogens is 4. The second-order valence-corrected chi connectivity index (χ2v) is 20.2. The van der Waals surface area contributed by atoms with Gasteiger partial charge in [0.15, 0.2) is 10.3 Å². The predicted octanol–water partition coefficient (Wildman–Crippen LogP) is 4.21. The molecule has 8 amide bonds. The minimum Gasteiger partial charge on any atom is -0.366 e. The van der Waals surface area contributed by atoms with Crippen molar-refractivity contribution in [3.05, 3.63) is 92.4 Å². The van der Waals surface area contributed by atoms with Gasteiger partial charge in [-0.05, 0) is 96.3 Å². The maximum Gasteiger partial charge on any atom is 0.274 e. The summed E-state index contributed by atoms with van der Waals surface area (Å²) in [6, 6.07) is 8.35. The number of amides is 8. The van der Waals surface area contributed by atoms with E-state index in [2.05, 4.69) is 41.9 Å². The van der Waals surface area contributed by atoms with Crippen LogP contribution in [0.2, 0.25) is 0 Å². The Morgan fingerprint density at radius 3 is 1.42 bits per heavy atom. The van der Waals surface area contributed by atoms with E-state index in [9.17, 15) is 38.4 Å². The van der Waals surface area contributed by atoms with Crippen molar-refractivity contribution >= 4 is 91.6 Å². The highest BCUT2D eigenvalue weighted by molar-refractivity contribution is 7.16. The van der Waals surface area contributed by atoms with Gasteiger partial charge >= 0.3 is 0 Å². The molecule has 4 aromatic heterocycles. The minimum atomic E-state index is -0.792. The highest BCUT2D eigenvalue weighted by atomic mass is 32.1. The van der Waals surface area contributed by atoms with Gasteiger partial charge in [0.05, 0.1) is 11.4 Å². The van der Waals surface area contributed by atoms with Crippen molar-refractivity contribution in [2.45, 2.75) is 52.4 Å². The first-order chi connectivity index (χ1) is 34.0. The van der Waals surface area contributed by atoms with Crippen molar-refractivity contribution in [3.8, 4) is 0 Å². The van der Waals surface area contributed by atoms with Crippen LogP contribution in [0.5, 0.6) is 0 Å². The fourth-order valence-corrected chi connectivity index (χ4v) is 9.13. The van der Waals surface area contributed by atoms with E-state index in [1.54, 1.807) is 14.1 Å². The van der Waals surface area contributed by atoms with Gasteiger partial charge in [-0.1, -0.05) is 33.8 Å². The number of nitrogens with zero attached hydrogens (tertiary/aromatic N) is 7. The van der Waals surface area contributed by atoms with Crippen molar-refractivity contribution in [1.82, 2.24) is 44.4 Å². The molecule has 0 radical (unpaired) electrons. The van der Waals surface area contributed by atoms with Crippen LogP contribution in [0.4, 0.5) is 21.6 Å². The summed E-state index contributed by atoms with van der Waals surface area (Å²) in [7, 11) is 11.0. The van der Waals surface area contributed by atoms with E-state index in [0.717, 1.165) is 30.8 Å². The molecule has 0 unspecified atom stereocenters. The molecule has 0 aliphatic heterocycles. The number of thiazole rings is 2. The minimum absolute atomic E-state index is 0.0233. The molecule has 1 aromatic carbocycles. The molecule has 5 rings (SSSR count). The van der Waals surface area contributed by atoms with E-state index < -0.39 is 48.5 Å². The molecule has 8 N–H and O–H groups in total. The average Bonchev–Trinajstić information content (AvgIpc) is 4.11. The molecule has 0 saturated heterocycles. The fraction of sp³-hybridized carbons (Fsp3) is 0.417. The highest BCUT2D eigenvalue weighted by Crippen LogP contribution is 2.32. The second kappa shape index (κ2) is 25.2. The zero-order chi connectivity index (χ0) is 53.0. The normalized spacial score (nSPS) is 11.2. The Balaban J connectivity index is 1.27. The molecule has 22 nitrogen and oxygen atoms in total. The number of hydrogen-bond donors (Lipinski definition) is 7. The SMILES string of the molecule is CC(C)c1sc(NC(=O)c2cc(NC(=O)CN(CC(=O)Nc3cc(C(=O)Nc4nc(C(=O)NCCCN(C)C)c(C(C)C)s4)n(C)c3)C(=O)c3cccc(C(N)=O)c3)cn2C)nc1C(=O)NCCCN(C)C. The zero-order valence-corrected chi connectivity index (χ0v) is 43.9. The van der Waals surface area contributed by atoms with Crippen LogP contribution in [-0.2, 0) is 23.7 Å². The van der Waals surface area contributed by atoms with E-state index in [1.165, 1.54) is 80.6 Å². The first kappa shape index (κ1) is 55.6. The molecule has 0 aliphatic carbocycles. The number of aryl methyl sites for hydroxylation is 2. The first-order valence-electron chi connectivity index (χ1n) is 23.1. The van der Waals surface area contributed by atoms with Crippen molar-refractivity contribution in [2.24, 2.45) is 19.8 Å². The lowest BCUT2D eigenvalue weighted by Crippen LogP contribution is -2.42. The summed E-state index contributed by atoms with van der Waals surface area (Å²) in [5.41, 5.74) is 6.62. The Morgan fingerprint density at radius 1 is 0.611 bits per heavy atom. The summed E-state index contributed by atoms with van der Waals surface area (Å²) in [4.78, 5) is 122. The average molecular weight is 1030 g/mol. The van der Waals surface area contributed by atoms with Gasteiger partial charge in [0.1, 0.15) is 35.9 Å². The summed E-state index contributed by atoms with van der Waals surface area (Å²) < 4.78 is 2.96. The number of nitrogens with one attached hydrogen (secondary N) is 6. The molecule has 0 bridgehead atoms. The van der Waals surface area contributed by atoms with Crippen molar-refractivity contribution in [2.75, 3.05) is 88.7 Å². The van der Waals surface area contributed by atoms with Gasteiger partial charge in [-0.3, -0.25) is 49.0 Å². The van der Waals surface area contributed by atoms with E-state index >= 15 is 0 Å². The Morgan fingerprint density at radius 2 is 1.03 bits per heavy atom. The maximum absolute atomic E-state index is 14.0. The molecule has 5 aromatic rings. The lowest BCUT2D eigenvalue weighted by atomic mass is 10.1. The van der Waals surface area contributed by atoms with Crippen LogP contribution in [0.1, 0.15) is 125 Å². The lowest BCUT2D eigenvalue weighted by Gasteiger charge is -2.22. The maximum atomic E-state index is 14.0. The molecular formula is C48H64N14O8S2. The highest BCUT2D eigenvalue weighted by Gasteiger charge is 2.27. The summed E-state index contributed by atoms with van der Waals surface area (Å²) in [6.45, 7) is 8.94. The molecule has 24 heteroatoms. The number of rotatable bonds is 24. The van der Waals surface area contributed by atoms with Crippen molar-refractivity contribution in [1.29, 1.82) is 0 Å². The number of carbonyl (C=O) groups is 8. The third-order valence-corrected chi connectivity index (χ3v) is 13.3. The summed E-state index contributed by atoms with van der Waals surface area (Å²) in [5, 5.41) is 17.1. The van der Waals surface area contributed by atoms with Crippen LogP contribution in [0.25, 0.3) is 0 Å². The Bertz CT molecular complexity index is 2650. The molecule has 72 heavy (non-hydrogen) atoms. The quantitative estimate of drug-likeness (QED) is 0.0429. The van der Waals surface area contributed by atoms with Crippen molar-refractivity contribution < 1.29 is 38.4 Å². The van der Waals surface area contributed by atoms with E-state index in [1.807, 2.05) is 65.7 Å². The summed E-state index contributed by atoms with van der Waals surface area (Å²) in [5.74, 6) is -4.91. The number of hydrogen-bond acceptors (Lipinski definition) is 14. The Kier molecular flexibility index (Phi) is 19.5. The third kappa shape index (κ3) is 15.4. The number of anilines is 4. The van der Waals surface area contributed by atoms with E-state index in [-0.39, 0.29) is 79.2 Å². The van der Waals surface area contributed by atoms with E-state index in [4.69, 9.17) is 5.73 Å². The molecular weight excluding hydrogens is 965 g/mol. The third-order valence-electron chi connectivity index (χ3n) is 10.8. The van der Waals surface area contributed by atoms with Crippen LogP contribution >= 0.6 is 22.7 Å². The number of nitrogens with two attached hydrogens (primary N) is 1. The molecule has 0 spiro atoms. The van der Waals surface area contributed by atoms with Gasteiger partial charge in [0, 0.05) is 60.5 Å². The molecule has 0 aliphatic rings. The zero-order valence-electron chi connectivity index (χ0n) is 42.2. The Hall–Kier alpha value is -7.28. The van der Waals surface area contributed by atoms with Gasteiger partial charge in [-0.25, -0.2) is 9.97 Å².